The number of allylic oxidation sites excluding steroid dienone is 2. The normalized spacial score (nSPS) is 23.6. The van der Waals surface area contributed by atoms with E-state index in [9.17, 15) is 50.0 Å². The van der Waals surface area contributed by atoms with Crippen molar-refractivity contribution in [1.29, 1.82) is 0 Å². The zero-order valence-electron chi connectivity index (χ0n) is 36.9. The summed E-state index contributed by atoms with van der Waals surface area (Å²) >= 11 is 0. The molecule has 350 valence electrons. The number of unbranched alkanes of at least 4 members (excludes halogenated alkanes) is 24. The molecule has 0 aromatic heterocycles. The summed E-state index contributed by atoms with van der Waals surface area (Å²) < 4.78 is 22.6. The van der Waals surface area contributed by atoms with Gasteiger partial charge in [-0.25, -0.2) is 4.57 Å². The van der Waals surface area contributed by atoms with Crippen LogP contribution in [0.2, 0.25) is 0 Å². The second kappa shape index (κ2) is 35.5. The van der Waals surface area contributed by atoms with Crippen LogP contribution in [0.15, 0.2) is 12.2 Å². The highest BCUT2D eigenvalue weighted by atomic mass is 31.2. The van der Waals surface area contributed by atoms with Gasteiger partial charge in [0, 0.05) is 0 Å². The minimum atomic E-state index is -5.09. The van der Waals surface area contributed by atoms with Crippen molar-refractivity contribution in [1.82, 2.24) is 5.32 Å². The van der Waals surface area contributed by atoms with Gasteiger partial charge in [0.05, 0.1) is 31.3 Å². The zero-order valence-corrected chi connectivity index (χ0v) is 37.8. The van der Waals surface area contributed by atoms with Gasteiger partial charge in [0.2, 0.25) is 5.91 Å². The lowest BCUT2D eigenvalue weighted by atomic mass is 9.85. The molecule has 0 spiro atoms. The molecule has 0 heterocycles. The Kier molecular flexibility index (Phi) is 33.7. The van der Waals surface area contributed by atoms with Crippen molar-refractivity contribution in [2.45, 2.75) is 261 Å². The van der Waals surface area contributed by atoms with E-state index in [0.29, 0.717) is 12.8 Å². The lowest BCUT2D eigenvalue weighted by Gasteiger charge is -2.41. The third kappa shape index (κ3) is 27.7. The van der Waals surface area contributed by atoms with Crippen LogP contribution in [0.25, 0.3) is 0 Å². The molecular weight excluding hydrogens is 777 g/mol. The summed E-state index contributed by atoms with van der Waals surface area (Å²) in [5, 5.41) is 73.7. The quantitative estimate of drug-likeness (QED) is 0.0164. The summed E-state index contributed by atoms with van der Waals surface area (Å²) in [6.07, 6.45) is 24.2. The number of phosphoric acid groups is 1. The summed E-state index contributed by atoms with van der Waals surface area (Å²) in [6, 6.07) is -1.15. The van der Waals surface area contributed by atoms with E-state index in [1.54, 1.807) is 0 Å². The van der Waals surface area contributed by atoms with Gasteiger partial charge in [-0.1, -0.05) is 174 Å². The van der Waals surface area contributed by atoms with Gasteiger partial charge in [-0.15, -0.1) is 0 Å². The first kappa shape index (κ1) is 56.1. The van der Waals surface area contributed by atoms with E-state index in [1.165, 1.54) is 128 Å². The van der Waals surface area contributed by atoms with E-state index < -0.39 is 75.2 Å². The number of phosphoric ester groups is 1. The minimum absolute atomic E-state index is 0.223. The number of aliphatic hydroxyl groups is 7. The zero-order chi connectivity index (χ0) is 43.7. The summed E-state index contributed by atoms with van der Waals surface area (Å²) in [5.74, 6) is -0.571. The predicted molar refractivity (Wildman–Crippen MR) is 234 cm³/mol. The van der Waals surface area contributed by atoms with E-state index >= 15 is 0 Å². The fourth-order valence-corrected chi connectivity index (χ4v) is 8.68. The Bertz CT molecular complexity index is 1070. The summed E-state index contributed by atoms with van der Waals surface area (Å²) in [4.78, 5) is 23.1. The molecule has 0 aromatic rings. The first-order valence-electron chi connectivity index (χ1n) is 23.7. The number of amides is 1. The second-order valence-electron chi connectivity index (χ2n) is 17.1. The Morgan fingerprint density at radius 2 is 0.949 bits per heavy atom. The van der Waals surface area contributed by atoms with E-state index in [2.05, 4.69) is 24.4 Å². The van der Waals surface area contributed by atoms with Crippen molar-refractivity contribution in [3.63, 3.8) is 0 Å². The van der Waals surface area contributed by atoms with Gasteiger partial charge in [-0.3, -0.25) is 13.8 Å². The van der Waals surface area contributed by atoms with Crippen LogP contribution in [0.5, 0.6) is 0 Å². The van der Waals surface area contributed by atoms with Gasteiger partial charge in [0.15, 0.2) is 0 Å². The molecule has 0 aromatic carbocycles. The largest absolute Gasteiger partial charge is 0.472 e. The first-order valence-corrected chi connectivity index (χ1v) is 25.2. The van der Waals surface area contributed by atoms with Crippen molar-refractivity contribution in [3.8, 4) is 0 Å². The van der Waals surface area contributed by atoms with Crippen molar-refractivity contribution in [3.05, 3.63) is 12.2 Å². The SMILES string of the molecule is CCCCCCCCCCCCCC/C=C\CCCCCCCCCCCCC(O)CC(=O)NC(COP(=O)(O)OC1C(O)C(O)C(O)C(O)C1O)C(O)CCCCC. The smallest absolute Gasteiger partial charge is 0.393 e. The maximum absolute atomic E-state index is 12.8. The fourth-order valence-electron chi connectivity index (χ4n) is 7.71. The highest BCUT2D eigenvalue weighted by Gasteiger charge is 2.51. The Hall–Kier alpha value is -0.960. The molecule has 14 heteroatoms. The molecule has 8 atom stereocenters. The van der Waals surface area contributed by atoms with Crippen molar-refractivity contribution < 1.29 is 59.0 Å². The molecule has 0 aliphatic heterocycles. The van der Waals surface area contributed by atoms with Crippen LogP contribution in [0.1, 0.15) is 206 Å². The van der Waals surface area contributed by atoms with Gasteiger partial charge in [-0.2, -0.15) is 0 Å². The highest BCUT2D eigenvalue weighted by Crippen LogP contribution is 2.47. The molecule has 13 nitrogen and oxygen atoms in total. The van der Waals surface area contributed by atoms with Crippen LogP contribution in [0.3, 0.4) is 0 Å². The third-order valence-electron chi connectivity index (χ3n) is 11.6. The van der Waals surface area contributed by atoms with Crippen molar-refractivity contribution in [2.24, 2.45) is 0 Å². The van der Waals surface area contributed by atoms with Gasteiger partial charge in [0.1, 0.15) is 36.6 Å². The van der Waals surface area contributed by atoms with Gasteiger partial charge < -0.3 is 46.0 Å². The Labute approximate surface area is 357 Å². The first-order chi connectivity index (χ1) is 28.3. The van der Waals surface area contributed by atoms with Crippen molar-refractivity contribution >= 4 is 13.7 Å². The molecule has 9 N–H and O–H groups in total. The molecule has 1 rings (SSSR count). The number of carbonyl (C=O) groups is 1. The number of nitrogens with one attached hydrogen (secondary N) is 1. The topological polar surface area (TPSA) is 226 Å². The van der Waals surface area contributed by atoms with Crippen LogP contribution in [-0.2, 0) is 18.4 Å². The molecule has 0 radical (unpaired) electrons. The Morgan fingerprint density at radius 1 is 0.576 bits per heavy atom. The Balaban J connectivity index is 2.17. The molecular formula is C45H88NO12P. The lowest BCUT2D eigenvalue weighted by Crippen LogP contribution is -2.64. The maximum Gasteiger partial charge on any atom is 0.472 e. The average molecular weight is 866 g/mol. The summed E-state index contributed by atoms with van der Waals surface area (Å²) in [6.45, 7) is 3.57. The number of hydrogen-bond acceptors (Lipinski definition) is 11. The minimum Gasteiger partial charge on any atom is -0.393 e. The molecule has 1 aliphatic carbocycles. The molecule has 8 unspecified atom stereocenters. The van der Waals surface area contributed by atoms with Crippen LogP contribution in [0, 0.1) is 0 Å². The predicted octanol–water partition coefficient (Wildman–Crippen LogP) is 7.81. The number of aliphatic hydroxyl groups excluding tert-OH is 7. The third-order valence-corrected chi connectivity index (χ3v) is 12.6. The van der Waals surface area contributed by atoms with Crippen LogP contribution < -0.4 is 5.32 Å². The maximum atomic E-state index is 12.8. The molecule has 1 amide bonds. The summed E-state index contributed by atoms with van der Waals surface area (Å²) in [7, 11) is -5.09. The van der Waals surface area contributed by atoms with Gasteiger partial charge >= 0.3 is 7.82 Å². The van der Waals surface area contributed by atoms with Crippen LogP contribution in [-0.4, -0.2) is 108 Å². The molecule has 0 saturated heterocycles. The monoisotopic (exact) mass is 866 g/mol. The number of hydrogen-bond donors (Lipinski definition) is 9. The Morgan fingerprint density at radius 3 is 1.41 bits per heavy atom. The average Bonchev–Trinajstić information content (AvgIpc) is 3.20. The molecule has 59 heavy (non-hydrogen) atoms. The van der Waals surface area contributed by atoms with E-state index in [-0.39, 0.29) is 12.8 Å². The van der Waals surface area contributed by atoms with Crippen molar-refractivity contribution in [2.75, 3.05) is 6.61 Å². The van der Waals surface area contributed by atoms with Crippen LogP contribution >= 0.6 is 7.82 Å². The molecule has 1 saturated carbocycles. The lowest BCUT2D eigenvalue weighted by molar-refractivity contribution is -0.220. The fraction of sp³-hybridized carbons (Fsp3) is 0.933. The van der Waals surface area contributed by atoms with Crippen LogP contribution in [0.4, 0.5) is 0 Å². The second-order valence-corrected chi connectivity index (χ2v) is 18.6. The highest BCUT2D eigenvalue weighted by molar-refractivity contribution is 7.47. The number of rotatable bonds is 39. The van der Waals surface area contributed by atoms with Gasteiger partial charge in [-0.05, 0) is 38.5 Å². The molecule has 1 fully saturated rings. The van der Waals surface area contributed by atoms with Gasteiger partial charge in [0.25, 0.3) is 0 Å². The number of carbonyl (C=O) groups excluding carboxylic acids is 1. The molecule has 0 bridgehead atoms. The standard InChI is InChI=1S/C45H88NO12P/c1-3-5-7-8-9-10-11-12-13-14-15-16-17-18-19-20-21-22-23-24-25-26-27-28-29-31-32-36(47)34-39(49)46-37(38(48)33-30-6-4-2)35-57-59(55,56)58-45-43(53)41(51)40(50)42(52)44(45)54/h18-19,36-38,40-45,47-48,50-54H,3-17,20-35H2,1-2H3,(H,46,49)(H,55,56)/b19-18-. The van der Waals surface area contributed by atoms with E-state index in [1.807, 2.05) is 6.92 Å². The summed E-state index contributed by atoms with van der Waals surface area (Å²) in [5.41, 5.74) is 0. The van der Waals surface area contributed by atoms with E-state index in [4.69, 9.17) is 9.05 Å². The molecule has 1 aliphatic rings. The van der Waals surface area contributed by atoms with E-state index in [0.717, 1.165) is 38.5 Å².